The smallest absolute Gasteiger partial charge is 0.265 e. The van der Waals surface area contributed by atoms with Crippen LogP contribution in [0.3, 0.4) is 0 Å². The van der Waals surface area contributed by atoms with Gasteiger partial charge in [0.1, 0.15) is 5.82 Å². The second-order valence-corrected chi connectivity index (χ2v) is 8.76. The number of halogens is 1. The number of thiophene rings is 1. The van der Waals surface area contributed by atoms with Gasteiger partial charge in [0, 0.05) is 29.9 Å². The van der Waals surface area contributed by atoms with Crippen LogP contribution in [0.25, 0.3) is 10.1 Å². The molecule has 1 amide bonds. The summed E-state index contributed by atoms with van der Waals surface area (Å²) in [5, 5.41) is 3.09. The molecule has 130 valence electrons. The van der Waals surface area contributed by atoms with Crippen molar-refractivity contribution in [2.45, 2.75) is 4.90 Å². The lowest BCUT2D eigenvalue weighted by molar-refractivity contribution is 0.103. The van der Waals surface area contributed by atoms with Crippen molar-refractivity contribution >= 4 is 43.0 Å². The molecule has 25 heavy (non-hydrogen) atoms. The Labute approximate surface area is 148 Å². The topological polar surface area (TPSA) is 66.5 Å². The van der Waals surface area contributed by atoms with Crippen LogP contribution in [0.5, 0.6) is 0 Å². The summed E-state index contributed by atoms with van der Waals surface area (Å²) in [5.41, 5.74) is 0.459. The van der Waals surface area contributed by atoms with Crippen LogP contribution >= 0.6 is 11.3 Å². The van der Waals surface area contributed by atoms with Gasteiger partial charge in [-0.3, -0.25) is 4.79 Å². The molecule has 0 bridgehead atoms. The van der Waals surface area contributed by atoms with Crippen LogP contribution in [0.4, 0.5) is 10.1 Å². The predicted octanol–water partition coefficient (Wildman–Crippen LogP) is 3.54. The van der Waals surface area contributed by atoms with Crippen molar-refractivity contribution < 1.29 is 17.6 Å². The summed E-state index contributed by atoms with van der Waals surface area (Å²) in [7, 11) is -0.615. The van der Waals surface area contributed by atoms with Crippen LogP contribution in [0, 0.1) is 5.82 Å². The molecule has 5 nitrogen and oxygen atoms in total. The number of hydrogen-bond acceptors (Lipinski definition) is 4. The Hall–Kier alpha value is -2.29. The zero-order valence-corrected chi connectivity index (χ0v) is 15.1. The highest BCUT2D eigenvalue weighted by molar-refractivity contribution is 7.89. The van der Waals surface area contributed by atoms with E-state index in [1.54, 1.807) is 12.1 Å². The average molecular weight is 378 g/mol. The van der Waals surface area contributed by atoms with Gasteiger partial charge in [0.25, 0.3) is 5.91 Å². The van der Waals surface area contributed by atoms with Gasteiger partial charge in [-0.2, -0.15) is 0 Å². The summed E-state index contributed by atoms with van der Waals surface area (Å²) in [6.07, 6.45) is 0. The molecule has 3 rings (SSSR count). The first kappa shape index (κ1) is 17.5. The van der Waals surface area contributed by atoms with E-state index < -0.39 is 10.0 Å². The molecule has 0 spiro atoms. The molecular weight excluding hydrogens is 363 g/mol. The van der Waals surface area contributed by atoms with Gasteiger partial charge in [-0.05, 0) is 42.5 Å². The standard InChI is InChI=1S/C17H15FN2O3S2/c1-20(2)25(22,23)12-8-6-11(7-9-12)19-17(21)16-10-13-14(18)4-3-5-15(13)24-16/h3-10H,1-2H3,(H,19,21). The van der Waals surface area contributed by atoms with E-state index >= 15 is 0 Å². The lowest BCUT2D eigenvalue weighted by atomic mass is 10.2. The summed E-state index contributed by atoms with van der Waals surface area (Å²) in [6.45, 7) is 0. The maximum absolute atomic E-state index is 13.7. The molecule has 0 atom stereocenters. The summed E-state index contributed by atoms with van der Waals surface area (Å²) >= 11 is 1.20. The third-order valence-electron chi connectivity index (χ3n) is 3.62. The third kappa shape index (κ3) is 3.41. The number of hydrogen-bond donors (Lipinski definition) is 1. The summed E-state index contributed by atoms with van der Waals surface area (Å²) in [4.78, 5) is 12.9. The molecule has 1 N–H and O–H groups in total. The van der Waals surface area contributed by atoms with Gasteiger partial charge in [-0.25, -0.2) is 17.1 Å². The highest BCUT2D eigenvalue weighted by atomic mass is 32.2. The first-order valence-corrected chi connectivity index (χ1v) is 9.57. The van der Waals surface area contributed by atoms with E-state index in [9.17, 15) is 17.6 Å². The summed E-state index contributed by atoms with van der Waals surface area (Å²) in [5.74, 6) is -0.741. The zero-order chi connectivity index (χ0) is 18.2. The lowest BCUT2D eigenvalue weighted by Crippen LogP contribution is -2.22. The number of fused-ring (bicyclic) bond motifs is 1. The van der Waals surface area contributed by atoms with Gasteiger partial charge in [0.2, 0.25) is 10.0 Å². The summed E-state index contributed by atoms with van der Waals surface area (Å²) < 4.78 is 39.6. The molecule has 0 unspecified atom stereocenters. The van der Waals surface area contributed by atoms with E-state index in [4.69, 9.17) is 0 Å². The van der Waals surface area contributed by atoms with E-state index in [1.807, 2.05) is 0 Å². The molecule has 0 saturated heterocycles. The first-order chi connectivity index (χ1) is 11.8. The van der Waals surface area contributed by atoms with Crippen LogP contribution in [-0.2, 0) is 10.0 Å². The second-order valence-electron chi connectivity index (χ2n) is 5.53. The van der Waals surface area contributed by atoms with Gasteiger partial charge in [-0.1, -0.05) is 6.07 Å². The Bertz CT molecular complexity index is 1040. The maximum Gasteiger partial charge on any atom is 0.265 e. The molecule has 0 fully saturated rings. The molecule has 0 aliphatic rings. The van der Waals surface area contributed by atoms with Crippen molar-refractivity contribution in [2.75, 3.05) is 19.4 Å². The van der Waals surface area contributed by atoms with E-state index in [1.165, 1.54) is 61.8 Å². The Morgan fingerprint density at radius 3 is 2.40 bits per heavy atom. The van der Waals surface area contributed by atoms with Crippen LogP contribution in [0.1, 0.15) is 9.67 Å². The van der Waals surface area contributed by atoms with E-state index in [-0.39, 0.29) is 16.6 Å². The number of carbonyl (C=O) groups is 1. The zero-order valence-electron chi connectivity index (χ0n) is 13.5. The second kappa shape index (κ2) is 6.55. The van der Waals surface area contributed by atoms with Crippen molar-refractivity contribution in [3.63, 3.8) is 0 Å². The van der Waals surface area contributed by atoms with Crippen molar-refractivity contribution in [3.8, 4) is 0 Å². The quantitative estimate of drug-likeness (QED) is 0.755. The largest absolute Gasteiger partial charge is 0.321 e. The minimum absolute atomic E-state index is 0.138. The molecule has 1 heterocycles. The lowest BCUT2D eigenvalue weighted by Gasteiger charge is -2.11. The Kier molecular flexibility index (Phi) is 4.59. The van der Waals surface area contributed by atoms with Gasteiger partial charge in [0.05, 0.1) is 9.77 Å². The molecule has 0 aliphatic heterocycles. The highest BCUT2D eigenvalue weighted by Gasteiger charge is 2.17. The Balaban J connectivity index is 1.82. The van der Waals surface area contributed by atoms with Gasteiger partial charge < -0.3 is 5.32 Å². The highest BCUT2D eigenvalue weighted by Crippen LogP contribution is 2.28. The molecular formula is C17H15FN2O3S2. The van der Waals surface area contributed by atoms with Crippen molar-refractivity contribution in [1.29, 1.82) is 0 Å². The molecule has 0 radical (unpaired) electrons. The number of amides is 1. The van der Waals surface area contributed by atoms with E-state index in [0.29, 0.717) is 20.7 Å². The number of rotatable bonds is 4. The van der Waals surface area contributed by atoms with Gasteiger partial charge >= 0.3 is 0 Å². The maximum atomic E-state index is 13.7. The van der Waals surface area contributed by atoms with Gasteiger partial charge in [0.15, 0.2) is 0 Å². The number of sulfonamides is 1. The average Bonchev–Trinajstić information content (AvgIpc) is 3.01. The summed E-state index contributed by atoms with van der Waals surface area (Å²) in [6, 6.07) is 12.1. The number of carbonyl (C=O) groups excluding carboxylic acids is 1. The molecule has 1 aromatic heterocycles. The van der Waals surface area contributed by atoms with Crippen LogP contribution < -0.4 is 5.32 Å². The van der Waals surface area contributed by atoms with Crippen molar-refractivity contribution in [2.24, 2.45) is 0 Å². The van der Waals surface area contributed by atoms with Crippen molar-refractivity contribution in [1.82, 2.24) is 4.31 Å². The Morgan fingerprint density at radius 1 is 1.12 bits per heavy atom. The minimum Gasteiger partial charge on any atom is -0.321 e. The number of nitrogens with zero attached hydrogens (tertiary/aromatic N) is 1. The number of benzene rings is 2. The van der Waals surface area contributed by atoms with Crippen LogP contribution in [0.2, 0.25) is 0 Å². The monoisotopic (exact) mass is 378 g/mol. The fourth-order valence-corrected chi connectivity index (χ4v) is 4.12. The molecule has 2 aromatic carbocycles. The Morgan fingerprint density at radius 2 is 1.80 bits per heavy atom. The third-order valence-corrected chi connectivity index (χ3v) is 6.55. The van der Waals surface area contributed by atoms with E-state index in [0.717, 1.165) is 4.31 Å². The van der Waals surface area contributed by atoms with Gasteiger partial charge in [-0.15, -0.1) is 11.3 Å². The first-order valence-electron chi connectivity index (χ1n) is 7.31. The van der Waals surface area contributed by atoms with Crippen LogP contribution in [0.15, 0.2) is 53.4 Å². The minimum atomic E-state index is -3.52. The number of nitrogens with one attached hydrogen (secondary N) is 1. The SMILES string of the molecule is CN(C)S(=O)(=O)c1ccc(NC(=O)c2cc3c(F)cccc3s2)cc1. The predicted molar refractivity (Wildman–Crippen MR) is 97.1 cm³/mol. The molecule has 0 saturated carbocycles. The normalized spacial score (nSPS) is 11.8. The molecule has 8 heteroatoms. The fraction of sp³-hybridized carbons (Fsp3) is 0.118. The van der Waals surface area contributed by atoms with E-state index in [2.05, 4.69) is 5.32 Å². The fourth-order valence-electron chi connectivity index (χ4n) is 2.25. The molecule has 0 aliphatic carbocycles. The molecule has 3 aromatic rings. The van der Waals surface area contributed by atoms with Crippen LogP contribution in [-0.4, -0.2) is 32.7 Å². The number of anilines is 1. The van der Waals surface area contributed by atoms with Crippen molar-refractivity contribution in [3.05, 3.63) is 59.2 Å².